The maximum absolute atomic E-state index is 13.6. The zero-order valence-corrected chi connectivity index (χ0v) is 26.9. The minimum absolute atomic E-state index is 0.00245. The van der Waals surface area contributed by atoms with Crippen molar-refractivity contribution in [1.29, 1.82) is 0 Å². The van der Waals surface area contributed by atoms with Crippen LogP contribution in [-0.4, -0.2) is 47.3 Å². The molecule has 0 aliphatic carbocycles. The quantitative estimate of drug-likeness (QED) is 0.104. The average Bonchev–Trinajstić information content (AvgIpc) is 2.95. The number of hydrogen-bond acceptors (Lipinski definition) is 4. The first-order valence-electron chi connectivity index (χ1n) is 14.2. The van der Waals surface area contributed by atoms with Gasteiger partial charge in [-0.25, -0.2) is 0 Å². The number of imide groups is 1. The molecule has 0 spiro atoms. The van der Waals surface area contributed by atoms with Crippen molar-refractivity contribution in [3.63, 3.8) is 0 Å². The van der Waals surface area contributed by atoms with Gasteiger partial charge in [-0.15, -0.1) is 0 Å². The van der Waals surface area contributed by atoms with Gasteiger partial charge in [-0.05, 0) is 67.5 Å². The van der Waals surface area contributed by atoms with E-state index in [1.54, 1.807) is 26.8 Å². The molecule has 1 aliphatic rings. The standard InChI is InChI=1S/C31H32Cl3F6NO4/c1-4-8-18-16-20(29(44,30(35,36)37)31(38,39)40)17-19(9-5-2)26(18)45-15-7-6-14-41-23(42)12-13-28(3,27(41)43)21-10-11-22(32)25(34)24(21)33/h10-13,16-17,44H,4-9,14-15H2,1-3H3. The first kappa shape index (κ1) is 37.0. The molecule has 248 valence electrons. The summed E-state index contributed by atoms with van der Waals surface area (Å²) >= 11 is 18.6. The number of nitrogens with zero attached hydrogens (tertiary/aromatic N) is 1. The molecule has 1 unspecified atom stereocenters. The summed E-state index contributed by atoms with van der Waals surface area (Å²) in [6, 6.07) is 4.45. The van der Waals surface area contributed by atoms with Crippen molar-refractivity contribution in [2.45, 2.75) is 82.7 Å². The van der Waals surface area contributed by atoms with Gasteiger partial charge in [0.15, 0.2) is 0 Å². The van der Waals surface area contributed by atoms with Crippen LogP contribution in [0.2, 0.25) is 15.1 Å². The molecule has 1 atom stereocenters. The minimum Gasteiger partial charge on any atom is -0.493 e. The van der Waals surface area contributed by atoms with E-state index in [-0.39, 0.29) is 64.4 Å². The highest BCUT2D eigenvalue weighted by atomic mass is 35.5. The monoisotopic (exact) mass is 701 g/mol. The average molecular weight is 703 g/mol. The van der Waals surface area contributed by atoms with E-state index in [1.807, 2.05) is 0 Å². The number of rotatable bonds is 12. The minimum atomic E-state index is -6.01. The number of carbonyl (C=O) groups excluding carboxylic acids is 2. The fourth-order valence-electron chi connectivity index (χ4n) is 5.22. The zero-order chi connectivity index (χ0) is 34.0. The van der Waals surface area contributed by atoms with Gasteiger partial charge in [0.25, 0.3) is 11.5 Å². The van der Waals surface area contributed by atoms with Crippen molar-refractivity contribution in [2.75, 3.05) is 13.2 Å². The predicted molar refractivity (Wildman–Crippen MR) is 160 cm³/mol. The largest absolute Gasteiger partial charge is 0.493 e. The fourth-order valence-corrected chi connectivity index (χ4v) is 5.95. The van der Waals surface area contributed by atoms with Gasteiger partial charge in [0.05, 0.1) is 27.1 Å². The van der Waals surface area contributed by atoms with Crippen LogP contribution >= 0.6 is 34.8 Å². The van der Waals surface area contributed by atoms with E-state index >= 15 is 0 Å². The maximum atomic E-state index is 13.6. The van der Waals surface area contributed by atoms with E-state index in [1.165, 1.54) is 18.2 Å². The second-order valence-electron chi connectivity index (χ2n) is 10.9. The van der Waals surface area contributed by atoms with Crippen LogP contribution in [0.15, 0.2) is 36.4 Å². The summed E-state index contributed by atoms with van der Waals surface area (Å²) in [6.07, 6.45) is -7.78. The molecule has 2 amide bonds. The topological polar surface area (TPSA) is 66.8 Å². The van der Waals surface area contributed by atoms with Crippen LogP contribution < -0.4 is 4.74 Å². The Bertz CT molecular complexity index is 1420. The number of ether oxygens (including phenoxy) is 1. The molecule has 0 saturated heterocycles. The molecule has 0 saturated carbocycles. The van der Waals surface area contributed by atoms with Crippen molar-refractivity contribution in [1.82, 2.24) is 4.90 Å². The maximum Gasteiger partial charge on any atom is 0.430 e. The van der Waals surface area contributed by atoms with E-state index in [0.29, 0.717) is 37.0 Å². The smallest absolute Gasteiger partial charge is 0.430 e. The molecular formula is C31H32Cl3F6NO4. The Morgan fingerprint density at radius 1 is 0.889 bits per heavy atom. The summed E-state index contributed by atoms with van der Waals surface area (Å²) in [5, 5.41) is 10.4. The zero-order valence-electron chi connectivity index (χ0n) is 24.6. The molecule has 5 nitrogen and oxygen atoms in total. The van der Waals surface area contributed by atoms with Gasteiger partial charge in [0, 0.05) is 18.2 Å². The van der Waals surface area contributed by atoms with E-state index < -0.39 is 40.7 Å². The summed E-state index contributed by atoms with van der Waals surface area (Å²) in [6.45, 7) is 5.00. The molecule has 14 heteroatoms. The number of carbonyl (C=O) groups is 2. The highest BCUT2D eigenvalue weighted by molar-refractivity contribution is 6.48. The number of aliphatic hydroxyl groups is 1. The first-order valence-corrected chi connectivity index (χ1v) is 15.3. The normalized spacial score (nSPS) is 17.8. The Hall–Kier alpha value is -2.47. The number of benzene rings is 2. The van der Waals surface area contributed by atoms with Crippen LogP contribution in [0.1, 0.15) is 68.7 Å². The van der Waals surface area contributed by atoms with Gasteiger partial charge in [0.1, 0.15) is 5.75 Å². The van der Waals surface area contributed by atoms with Crippen molar-refractivity contribution >= 4 is 46.6 Å². The van der Waals surface area contributed by atoms with Crippen LogP contribution in [0.25, 0.3) is 0 Å². The molecule has 2 aromatic rings. The lowest BCUT2D eigenvalue weighted by atomic mass is 9.78. The third kappa shape index (κ3) is 7.26. The molecule has 0 fully saturated rings. The highest BCUT2D eigenvalue weighted by Gasteiger charge is 2.71. The van der Waals surface area contributed by atoms with Gasteiger partial charge >= 0.3 is 12.4 Å². The number of aryl methyl sites for hydroxylation is 2. The van der Waals surface area contributed by atoms with Gasteiger partial charge in [-0.3, -0.25) is 14.5 Å². The van der Waals surface area contributed by atoms with E-state index in [9.17, 15) is 41.0 Å². The molecule has 0 bridgehead atoms. The van der Waals surface area contributed by atoms with Gasteiger partial charge < -0.3 is 9.84 Å². The number of unbranched alkanes of at least 4 members (excludes halogenated alkanes) is 1. The van der Waals surface area contributed by atoms with E-state index in [0.717, 1.165) is 4.90 Å². The highest BCUT2D eigenvalue weighted by Crippen LogP contribution is 2.51. The number of alkyl halides is 6. The van der Waals surface area contributed by atoms with Crippen molar-refractivity contribution < 1.29 is 45.8 Å². The number of hydrogen-bond donors (Lipinski definition) is 1. The van der Waals surface area contributed by atoms with Crippen molar-refractivity contribution in [3.8, 4) is 5.75 Å². The Labute approximate surface area is 272 Å². The Morgan fingerprint density at radius 3 is 1.96 bits per heavy atom. The lowest BCUT2D eigenvalue weighted by Crippen LogP contribution is -2.54. The Morgan fingerprint density at radius 2 is 1.44 bits per heavy atom. The van der Waals surface area contributed by atoms with Gasteiger partial charge in [-0.1, -0.05) is 73.6 Å². The molecule has 0 radical (unpaired) electrons. The summed E-state index contributed by atoms with van der Waals surface area (Å²) < 4.78 is 87.8. The van der Waals surface area contributed by atoms with Crippen LogP contribution in [0.5, 0.6) is 5.75 Å². The molecule has 0 aromatic heterocycles. The molecule has 1 N–H and O–H groups in total. The summed E-state index contributed by atoms with van der Waals surface area (Å²) in [5.74, 6) is -0.921. The van der Waals surface area contributed by atoms with Crippen LogP contribution in [-0.2, 0) is 33.4 Å². The molecular weight excluding hydrogens is 671 g/mol. The SMILES string of the molecule is CCCc1cc(C(O)(C(F)(F)F)C(F)(F)F)cc(CCC)c1OCCCCN1C(=O)C=CC(C)(c2ccc(Cl)c(Cl)c2Cl)C1=O. The lowest BCUT2D eigenvalue weighted by molar-refractivity contribution is -0.376. The van der Waals surface area contributed by atoms with Crippen molar-refractivity contribution in [2.24, 2.45) is 0 Å². The first-order chi connectivity index (χ1) is 20.8. The third-order valence-corrected chi connectivity index (χ3v) is 8.95. The summed E-state index contributed by atoms with van der Waals surface area (Å²) in [7, 11) is 0. The number of amides is 2. The van der Waals surface area contributed by atoms with Gasteiger partial charge in [0.2, 0.25) is 5.91 Å². The Kier molecular flexibility index (Phi) is 11.6. The fraction of sp³-hybridized carbons (Fsp3) is 0.484. The van der Waals surface area contributed by atoms with Crippen LogP contribution in [0, 0.1) is 0 Å². The Balaban J connectivity index is 1.80. The third-order valence-electron chi connectivity index (χ3n) is 7.65. The lowest BCUT2D eigenvalue weighted by Gasteiger charge is -2.35. The summed E-state index contributed by atoms with van der Waals surface area (Å²) in [4.78, 5) is 27.2. The second-order valence-corrected chi connectivity index (χ2v) is 12.1. The van der Waals surface area contributed by atoms with Crippen LogP contribution in [0.4, 0.5) is 26.3 Å². The van der Waals surface area contributed by atoms with Crippen molar-refractivity contribution in [3.05, 3.63) is 73.7 Å². The second kappa shape index (κ2) is 14.1. The molecule has 1 heterocycles. The van der Waals surface area contributed by atoms with E-state index in [4.69, 9.17) is 39.5 Å². The molecule has 2 aromatic carbocycles. The molecule has 45 heavy (non-hydrogen) atoms. The van der Waals surface area contributed by atoms with E-state index in [2.05, 4.69) is 0 Å². The predicted octanol–water partition coefficient (Wildman–Crippen LogP) is 8.91. The van der Waals surface area contributed by atoms with Gasteiger partial charge in [-0.2, -0.15) is 26.3 Å². The summed E-state index contributed by atoms with van der Waals surface area (Å²) in [5.41, 5.74) is -7.11. The number of halogens is 9. The molecule has 1 aliphatic heterocycles. The molecule has 3 rings (SSSR count). The van der Waals surface area contributed by atoms with Crippen LogP contribution in [0.3, 0.4) is 0 Å².